The van der Waals surface area contributed by atoms with Gasteiger partial charge in [0.25, 0.3) is 0 Å². The molecule has 2 unspecified atom stereocenters. The van der Waals surface area contributed by atoms with Crippen LogP contribution in [-0.2, 0) is 11.3 Å². The van der Waals surface area contributed by atoms with Gasteiger partial charge in [0, 0.05) is 0 Å². The SMILES string of the molecule is CC1(C)C(C=C(Cl)Cl)C1COCc1c(F)c(F)c(F)c(F)c1F. The number of rotatable bonds is 5. The molecule has 0 saturated heterocycles. The Morgan fingerprint density at radius 2 is 1.48 bits per heavy atom. The van der Waals surface area contributed by atoms with Crippen LogP contribution >= 0.6 is 23.2 Å². The van der Waals surface area contributed by atoms with E-state index in [4.69, 9.17) is 27.9 Å². The van der Waals surface area contributed by atoms with Crippen LogP contribution in [0.25, 0.3) is 0 Å². The van der Waals surface area contributed by atoms with Crippen LogP contribution in [0.2, 0.25) is 0 Å². The lowest BCUT2D eigenvalue weighted by atomic mass is 10.1. The summed E-state index contributed by atoms with van der Waals surface area (Å²) < 4.78 is 71.3. The van der Waals surface area contributed by atoms with E-state index in [2.05, 4.69) is 0 Å². The Kier molecular flexibility index (Phi) is 5.28. The minimum absolute atomic E-state index is 0.0173. The molecule has 1 aliphatic rings. The Morgan fingerprint density at radius 3 is 1.96 bits per heavy atom. The molecule has 0 aromatic heterocycles. The molecule has 1 aromatic carbocycles. The van der Waals surface area contributed by atoms with Crippen molar-refractivity contribution < 1.29 is 26.7 Å². The summed E-state index contributed by atoms with van der Waals surface area (Å²) in [7, 11) is 0. The molecule has 1 nitrogen and oxygen atoms in total. The molecule has 2 atom stereocenters. The zero-order valence-corrected chi connectivity index (χ0v) is 13.7. The predicted octanol–water partition coefficient (Wildman–Crippen LogP) is 5.49. The average molecular weight is 375 g/mol. The number of halogens is 7. The molecule has 1 aromatic rings. The fraction of sp³-hybridized carbons (Fsp3) is 0.467. The van der Waals surface area contributed by atoms with E-state index >= 15 is 0 Å². The van der Waals surface area contributed by atoms with Crippen molar-refractivity contribution in [1.82, 2.24) is 0 Å². The van der Waals surface area contributed by atoms with E-state index in [1.165, 1.54) is 0 Å². The van der Waals surface area contributed by atoms with Crippen molar-refractivity contribution in [2.75, 3.05) is 6.61 Å². The van der Waals surface area contributed by atoms with E-state index < -0.39 is 41.3 Å². The highest BCUT2D eigenvalue weighted by molar-refractivity contribution is 6.55. The summed E-state index contributed by atoms with van der Waals surface area (Å²) in [6.45, 7) is 3.22. The third-order valence-electron chi connectivity index (χ3n) is 4.29. The van der Waals surface area contributed by atoms with Crippen LogP contribution in [-0.4, -0.2) is 6.61 Å². The molecule has 1 aliphatic carbocycles. The minimum atomic E-state index is -2.19. The number of ether oxygens (including phenoxy) is 1. The van der Waals surface area contributed by atoms with Gasteiger partial charge in [-0.05, 0) is 17.3 Å². The standard InChI is InChI=1S/C15H13Cl2F5O/c1-15(2)7(3-9(16)17)8(15)5-23-4-6-10(18)12(20)14(22)13(21)11(6)19/h3,7-8H,4-5H2,1-2H3. The number of benzene rings is 1. The van der Waals surface area contributed by atoms with Crippen LogP contribution in [0.15, 0.2) is 10.6 Å². The lowest BCUT2D eigenvalue weighted by Gasteiger charge is -2.09. The predicted molar refractivity (Wildman–Crippen MR) is 76.4 cm³/mol. The topological polar surface area (TPSA) is 9.23 Å². The van der Waals surface area contributed by atoms with Gasteiger partial charge in [0.1, 0.15) is 4.49 Å². The quantitative estimate of drug-likeness (QED) is 0.376. The Balaban J connectivity index is 2.05. The average Bonchev–Trinajstić information content (AvgIpc) is 2.97. The van der Waals surface area contributed by atoms with E-state index in [1.54, 1.807) is 6.08 Å². The van der Waals surface area contributed by atoms with Gasteiger partial charge in [0.05, 0.1) is 18.8 Å². The largest absolute Gasteiger partial charge is 0.376 e. The highest BCUT2D eigenvalue weighted by Gasteiger charge is 2.56. The molecule has 128 valence electrons. The van der Waals surface area contributed by atoms with Gasteiger partial charge in [0.15, 0.2) is 23.3 Å². The fourth-order valence-electron chi connectivity index (χ4n) is 2.64. The summed E-state index contributed by atoms with van der Waals surface area (Å²) in [5.41, 5.74) is -1.16. The van der Waals surface area contributed by atoms with E-state index in [0.717, 1.165) is 0 Å². The van der Waals surface area contributed by atoms with Crippen LogP contribution in [0.5, 0.6) is 0 Å². The summed E-state index contributed by atoms with van der Waals surface area (Å²) in [5, 5.41) is 0. The highest BCUT2D eigenvalue weighted by Crippen LogP contribution is 2.59. The third-order valence-corrected chi connectivity index (χ3v) is 4.54. The molecule has 1 fully saturated rings. The van der Waals surface area contributed by atoms with Crippen molar-refractivity contribution in [3.05, 3.63) is 45.2 Å². The fourth-order valence-corrected chi connectivity index (χ4v) is 2.91. The van der Waals surface area contributed by atoms with Crippen molar-refractivity contribution in [3.8, 4) is 0 Å². The van der Waals surface area contributed by atoms with Crippen LogP contribution in [0.3, 0.4) is 0 Å². The number of allylic oxidation sites excluding steroid dienone is 1. The molecule has 1 saturated carbocycles. The summed E-state index contributed by atoms with van der Waals surface area (Å²) in [5.74, 6) is -9.91. The molecule has 0 spiro atoms. The first-order valence-corrected chi connectivity index (χ1v) is 7.45. The zero-order chi connectivity index (χ0) is 17.5. The van der Waals surface area contributed by atoms with Gasteiger partial charge in [-0.3, -0.25) is 0 Å². The van der Waals surface area contributed by atoms with Crippen LogP contribution in [0.4, 0.5) is 22.0 Å². The first-order chi connectivity index (χ1) is 10.6. The van der Waals surface area contributed by atoms with E-state index in [-0.39, 0.29) is 28.3 Å². The molecule has 0 N–H and O–H groups in total. The molecule has 0 bridgehead atoms. The van der Waals surface area contributed by atoms with Gasteiger partial charge in [-0.2, -0.15) is 0 Å². The maximum Gasteiger partial charge on any atom is 0.200 e. The van der Waals surface area contributed by atoms with Crippen molar-refractivity contribution in [2.45, 2.75) is 20.5 Å². The molecular formula is C15H13Cl2F5O. The van der Waals surface area contributed by atoms with Crippen LogP contribution in [0, 0.1) is 46.3 Å². The van der Waals surface area contributed by atoms with Crippen LogP contribution in [0.1, 0.15) is 19.4 Å². The van der Waals surface area contributed by atoms with Gasteiger partial charge in [-0.25, -0.2) is 22.0 Å². The van der Waals surface area contributed by atoms with Gasteiger partial charge in [0.2, 0.25) is 5.82 Å². The lowest BCUT2D eigenvalue weighted by Crippen LogP contribution is -2.10. The molecule has 0 aliphatic heterocycles. The van der Waals surface area contributed by atoms with Gasteiger partial charge in [-0.1, -0.05) is 43.1 Å². The maximum atomic E-state index is 13.5. The molecule has 8 heteroatoms. The van der Waals surface area contributed by atoms with Gasteiger partial charge in [-0.15, -0.1) is 0 Å². The Morgan fingerprint density at radius 1 is 1.00 bits per heavy atom. The van der Waals surface area contributed by atoms with Crippen molar-refractivity contribution in [1.29, 1.82) is 0 Å². The zero-order valence-electron chi connectivity index (χ0n) is 12.2. The Bertz CT molecular complexity index is 627. The molecular weight excluding hydrogens is 362 g/mol. The van der Waals surface area contributed by atoms with Crippen molar-refractivity contribution >= 4 is 23.2 Å². The van der Waals surface area contributed by atoms with Crippen molar-refractivity contribution in [3.63, 3.8) is 0 Å². The van der Waals surface area contributed by atoms with Gasteiger partial charge >= 0.3 is 0 Å². The normalized spacial score (nSPS) is 22.1. The monoisotopic (exact) mass is 374 g/mol. The number of hydrogen-bond acceptors (Lipinski definition) is 1. The Labute approximate surface area is 140 Å². The number of hydrogen-bond donors (Lipinski definition) is 0. The first-order valence-electron chi connectivity index (χ1n) is 6.69. The Hall–Kier alpha value is -0.850. The van der Waals surface area contributed by atoms with Crippen molar-refractivity contribution in [2.24, 2.45) is 17.3 Å². The maximum absolute atomic E-state index is 13.5. The summed E-state index contributed by atoms with van der Waals surface area (Å²) >= 11 is 11.2. The first kappa shape index (κ1) is 18.5. The summed E-state index contributed by atoms with van der Waals surface area (Å²) in [4.78, 5) is 0. The molecule has 23 heavy (non-hydrogen) atoms. The molecule has 0 heterocycles. The lowest BCUT2D eigenvalue weighted by molar-refractivity contribution is 0.0965. The van der Waals surface area contributed by atoms with E-state index in [9.17, 15) is 22.0 Å². The molecule has 0 amide bonds. The second-order valence-electron chi connectivity index (χ2n) is 5.97. The van der Waals surface area contributed by atoms with E-state index in [0.29, 0.717) is 0 Å². The summed E-state index contributed by atoms with van der Waals surface area (Å²) in [6, 6.07) is 0. The summed E-state index contributed by atoms with van der Waals surface area (Å²) in [6.07, 6.45) is 1.63. The van der Waals surface area contributed by atoms with E-state index in [1.807, 2.05) is 13.8 Å². The third kappa shape index (κ3) is 3.49. The second kappa shape index (κ2) is 6.57. The van der Waals surface area contributed by atoms with Crippen LogP contribution < -0.4 is 0 Å². The molecule has 0 radical (unpaired) electrons. The smallest absolute Gasteiger partial charge is 0.200 e. The molecule has 2 rings (SSSR count). The highest BCUT2D eigenvalue weighted by atomic mass is 35.5. The minimum Gasteiger partial charge on any atom is -0.376 e. The second-order valence-corrected chi connectivity index (χ2v) is 6.98. The van der Waals surface area contributed by atoms with Gasteiger partial charge < -0.3 is 4.74 Å².